The number of benzene rings is 1. The molecule has 0 amide bonds. The maximum atomic E-state index is 12.3. The Balaban J connectivity index is 1.93. The first-order chi connectivity index (χ1) is 10.3. The first-order valence-electron chi connectivity index (χ1n) is 6.97. The third-order valence-corrected chi connectivity index (χ3v) is 5.90. The van der Waals surface area contributed by atoms with E-state index < -0.39 is 20.0 Å². The molecule has 0 bridgehead atoms. The van der Waals surface area contributed by atoms with Crippen molar-refractivity contribution < 1.29 is 21.6 Å². The minimum Gasteiger partial charge on any atom is -0.492 e. The molecule has 9 heteroatoms. The van der Waals surface area contributed by atoms with Crippen molar-refractivity contribution in [2.24, 2.45) is 0 Å². The van der Waals surface area contributed by atoms with E-state index in [1.165, 1.54) is 16.4 Å². The van der Waals surface area contributed by atoms with Gasteiger partial charge >= 0.3 is 0 Å². The van der Waals surface area contributed by atoms with Crippen LogP contribution in [0.3, 0.4) is 0 Å². The Kier molecular flexibility index (Phi) is 5.43. The van der Waals surface area contributed by atoms with Crippen molar-refractivity contribution >= 4 is 20.0 Å². The van der Waals surface area contributed by atoms with Crippen LogP contribution in [0.25, 0.3) is 0 Å². The molecular weight excluding hydrogens is 328 g/mol. The van der Waals surface area contributed by atoms with Gasteiger partial charge in [0.05, 0.1) is 11.2 Å². The SMILES string of the molecule is CS(=O)(=O)NCCOc1ccc(S(=O)(=O)N2CCCC2)cc1. The number of sulfonamides is 2. The molecule has 0 aromatic heterocycles. The zero-order valence-corrected chi connectivity index (χ0v) is 14.0. The van der Waals surface area contributed by atoms with Crippen molar-refractivity contribution in [1.82, 2.24) is 9.03 Å². The molecule has 1 heterocycles. The van der Waals surface area contributed by atoms with Crippen LogP contribution in [0.15, 0.2) is 29.2 Å². The van der Waals surface area contributed by atoms with E-state index in [-0.39, 0.29) is 18.0 Å². The van der Waals surface area contributed by atoms with Gasteiger partial charge in [-0.25, -0.2) is 21.6 Å². The summed E-state index contributed by atoms with van der Waals surface area (Å²) in [7, 11) is -6.64. The lowest BCUT2D eigenvalue weighted by molar-refractivity contribution is 0.322. The standard InChI is InChI=1S/C13H20N2O5S2/c1-21(16,17)14-8-11-20-12-4-6-13(7-5-12)22(18,19)15-9-2-3-10-15/h4-7,14H,2-3,8-11H2,1H3. The van der Waals surface area contributed by atoms with Gasteiger partial charge in [0, 0.05) is 19.6 Å². The average molecular weight is 348 g/mol. The molecule has 0 radical (unpaired) electrons. The second kappa shape index (κ2) is 6.95. The van der Waals surface area contributed by atoms with Crippen LogP contribution in [0.4, 0.5) is 0 Å². The number of ether oxygens (including phenoxy) is 1. The fourth-order valence-electron chi connectivity index (χ4n) is 2.18. The van der Waals surface area contributed by atoms with E-state index in [1.54, 1.807) is 12.1 Å². The number of hydrogen-bond acceptors (Lipinski definition) is 5. The van der Waals surface area contributed by atoms with E-state index in [4.69, 9.17) is 4.74 Å². The van der Waals surface area contributed by atoms with Crippen molar-refractivity contribution in [3.8, 4) is 5.75 Å². The van der Waals surface area contributed by atoms with Gasteiger partial charge in [-0.2, -0.15) is 4.31 Å². The molecule has 1 saturated heterocycles. The second-order valence-electron chi connectivity index (χ2n) is 5.10. The van der Waals surface area contributed by atoms with E-state index in [2.05, 4.69) is 4.72 Å². The summed E-state index contributed by atoms with van der Waals surface area (Å²) in [6.07, 6.45) is 2.87. The predicted molar refractivity (Wildman–Crippen MR) is 82.8 cm³/mol. The highest BCUT2D eigenvalue weighted by atomic mass is 32.2. The third kappa shape index (κ3) is 4.67. The Bertz CT molecular complexity index is 692. The van der Waals surface area contributed by atoms with Crippen LogP contribution in [0.5, 0.6) is 5.75 Å². The monoisotopic (exact) mass is 348 g/mol. The van der Waals surface area contributed by atoms with Gasteiger partial charge in [-0.15, -0.1) is 0 Å². The lowest BCUT2D eigenvalue weighted by atomic mass is 10.3. The summed E-state index contributed by atoms with van der Waals surface area (Å²) in [5.74, 6) is 0.496. The Morgan fingerprint density at radius 2 is 1.68 bits per heavy atom. The Morgan fingerprint density at radius 1 is 1.09 bits per heavy atom. The molecule has 1 aromatic carbocycles. The smallest absolute Gasteiger partial charge is 0.243 e. The summed E-state index contributed by atoms with van der Waals surface area (Å²) >= 11 is 0. The van der Waals surface area contributed by atoms with Gasteiger partial charge in [-0.3, -0.25) is 0 Å². The Morgan fingerprint density at radius 3 is 2.23 bits per heavy atom. The molecule has 2 rings (SSSR count). The molecule has 1 fully saturated rings. The molecule has 7 nitrogen and oxygen atoms in total. The lowest BCUT2D eigenvalue weighted by Crippen LogP contribution is -2.28. The van der Waals surface area contributed by atoms with E-state index in [1.807, 2.05) is 0 Å². The molecule has 1 N–H and O–H groups in total. The van der Waals surface area contributed by atoms with Crippen molar-refractivity contribution in [3.05, 3.63) is 24.3 Å². The molecule has 1 aromatic rings. The molecule has 1 aliphatic heterocycles. The molecule has 124 valence electrons. The average Bonchev–Trinajstić information content (AvgIpc) is 2.98. The van der Waals surface area contributed by atoms with Crippen LogP contribution in [0.2, 0.25) is 0 Å². The zero-order valence-electron chi connectivity index (χ0n) is 12.4. The molecule has 0 atom stereocenters. The predicted octanol–water partition coefficient (Wildman–Crippen LogP) is 0.399. The zero-order chi connectivity index (χ0) is 16.2. The third-order valence-electron chi connectivity index (χ3n) is 3.26. The van der Waals surface area contributed by atoms with Crippen molar-refractivity contribution in [2.45, 2.75) is 17.7 Å². The number of nitrogens with one attached hydrogen (secondary N) is 1. The highest BCUT2D eigenvalue weighted by Crippen LogP contribution is 2.22. The van der Waals surface area contributed by atoms with Crippen molar-refractivity contribution in [3.63, 3.8) is 0 Å². The Labute approximate surface area is 131 Å². The molecule has 0 aliphatic carbocycles. The summed E-state index contributed by atoms with van der Waals surface area (Å²) in [6.45, 7) is 1.47. The van der Waals surface area contributed by atoms with E-state index in [0.717, 1.165) is 19.1 Å². The van der Waals surface area contributed by atoms with Gasteiger partial charge in [-0.1, -0.05) is 0 Å². The van der Waals surface area contributed by atoms with Crippen LogP contribution in [0, 0.1) is 0 Å². The summed E-state index contributed by atoms with van der Waals surface area (Å²) in [6, 6.07) is 6.16. The summed E-state index contributed by atoms with van der Waals surface area (Å²) in [5, 5.41) is 0. The number of hydrogen-bond donors (Lipinski definition) is 1. The highest BCUT2D eigenvalue weighted by Gasteiger charge is 2.26. The second-order valence-corrected chi connectivity index (χ2v) is 8.87. The van der Waals surface area contributed by atoms with Crippen molar-refractivity contribution in [2.75, 3.05) is 32.5 Å². The Hall–Kier alpha value is -1.16. The minimum atomic E-state index is -3.41. The van der Waals surface area contributed by atoms with Gasteiger partial charge in [0.2, 0.25) is 20.0 Å². The fraction of sp³-hybridized carbons (Fsp3) is 0.538. The van der Waals surface area contributed by atoms with Crippen LogP contribution in [0.1, 0.15) is 12.8 Å². The largest absolute Gasteiger partial charge is 0.492 e. The van der Waals surface area contributed by atoms with Gasteiger partial charge in [0.25, 0.3) is 0 Å². The summed E-state index contributed by atoms with van der Waals surface area (Å²) in [5.41, 5.74) is 0. The quantitative estimate of drug-likeness (QED) is 0.720. The molecule has 0 unspecified atom stereocenters. The summed E-state index contributed by atoms with van der Waals surface area (Å²) in [4.78, 5) is 0.246. The van der Waals surface area contributed by atoms with Crippen LogP contribution >= 0.6 is 0 Å². The molecule has 1 aliphatic rings. The first kappa shape index (κ1) is 17.2. The summed E-state index contributed by atoms with van der Waals surface area (Å²) < 4.78 is 55.6. The van der Waals surface area contributed by atoms with Crippen LogP contribution in [-0.4, -0.2) is 53.6 Å². The van der Waals surface area contributed by atoms with Crippen LogP contribution in [-0.2, 0) is 20.0 Å². The van der Waals surface area contributed by atoms with E-state index in [9.17, 15) is 16.8 Å². The maximum absolute atomic E-state index is 12.3. The van der Waals surface area contributed by atoms with Gasteiger partial charge in [0.15, 0.2) is 0 Å². The first-order valence-corrected chi connectivity index (χ1v) is 10.3. The van der Waals surface area contributed by atoms with Gasteiger partial charge < -0.3 is 4.74 Å². The number of nitrogens with zero attached hydrogens (tertiary/aromatic N) is 1. The van der Waals surface area contributed by atoms with Crippen molar-refractivity contribution in [1.29, 1.82) is 0 Å². The molecular formula is C13H20N2O5S2. The number of rotatable bonds is 7. The van der Waals surface area contributed by atoms with Crippen LogP contribution < -0.4 is 9.46 Å². The normalized spacial score (nSPS) is 16.8. The van der Waals surface area contributed by atoms with E-state index >= 15 is 0 Å². The minimum absolute atomic E-state index is 0.159. The molecule has 0 saturated carbocycles. The topological polar surface area (TPSA) is 92.8 Å². The molecule has 0 spiro atoms. The lowest BCUT2D eigenvalue weighted by Gasteiger charge is -2.15. The van der Waals surface area contributed by atoms with Gasteiger partial charge in [-0.05, 0) is 37.1 Å². The molecule has 22 heavy (non-hydrogen) atoms. The fourth-order valence-corrected chi connectivity index (χ4v) is 4.15. The highest BCUT2D eigenvalue weighted by molar-refractivity contribution is 7.89. The van der Waals surface area contributed by atoms with Gasteiger partial charge in [0.1, 0.15) is 12.4 Å². The maximum Gasteiger partial charge on any atom is 0.243 e. The van der Waals surface area contributed by atoms with E-state index in [0.29, 0.717) is 18.8 Å².